The van der Waals surface area contributed by atoms with Crippen molar-refractivity contribution in [2.75, 3.05) is 7.11 Å². The largest absolute Gasteiger partial charge is 0.481 e. The van der Waals surface area contributed by atoms with Gasteiger partial charge in [-0.15, -0.1) is 0 Å². The molecule has 0 aliphatic carbocycles. The zero-order valence-corrected chi connectivity index (χ0v) is 16.9. The molecule has 0 unspecified atom stereocenters. The zero-order chi connectivity index (χ0) is 21.9. The van der Waals surface area contributed by atoms with E-state index in [9.17, 15) is 4.79 Å². The lowest BCUT2D eigenvalue weighted by Gasteiger charge is -2.01. The number of aldehydes is 1. The van der Waals surface area contributed by atoms with Crippen LogP contribution < -0.4 is 4.74 Å². The maximum atomic E-state index is 11.0. The minimum Gasteiger partial charge on any atom is -0.481 e. The molecule has 0 amide bonds. The molecular formula is C24H16N4O4. The summed E-state index contributed by atoms with van der Waals surface area (Å²) in [6.45, 7) is 0. The van der Waals surface area contributed by atoms with Crippen LogP contribution in [0.5, 0.6) is 5.88 Å². The van der Waals surface area contributed by atoms with Gasteiger partial charge in [-0.1, -0.05) is 30.3 Å². The quantitative estimate of drug-likeness (QED) is 0.353. The molecule has 0 aliphatic rings. The van der Waals surface area contributed by atoms with Gasteiger partial charge in [0.25, 0.3) is 0 Å². The number of nitrogens with zero attached hydrogens (tertiary/aromatic N) is 4. The molecule has 32 heavy (non-hydrogen) atoms. The first-order chi connectivity index (χ1) is 15.7. The topological polar surface area (TPSA) is 104 Å². The summed E-state index contributed by atoms with van der Waals surface area (Å²) in [6, 6.07) is 18.1. The third kappa shape index (κ3) is 3.77. The van der Waals surface area contributed by atoms with E-state index in [1.54, 1.807) is 49.8 Å². The van der Waals surface area contributed by atoms with Crippen LogP contribution in [0.2, 0.25) is 0 Å². The van der Waals surface area contributed by atoms with Gasteiger partial charge in [-0.25, -0.2) is 19.9 Å². The fourth-order valence-corrected chi connectivity index (χ4v) is 3.16. The number of benzene rings is 1. The normalized spacial score (nSPS) is 10.8. The van der Waals surface area contributed by atoms with Crippen LogP contribution in [-0.4, -0.2) is 33.3 Å². The molecule has 0 fully saturated rings. The minimum atomic E-state index is 0.316. The lowest BCUT2D eigenvalue weighted by molar-refractivity contribution is 0.111. The molecule has 156 valence electrons. The number of oxazole rings is 2. The molecule has 0 radical (unpaired) electrons. The fraction of sp³-hybridized carbons (Fsp3) is 0.0417. The van der Waals surface area contributed by atoms with Gasteiger partial charge < -0.3 is 13.6 Å². The predicted octanol–water partition coefficient (Wildman–Crippen LogP) is 4.94. The Bertz CT molecular complexity index is 1410. The van der Waals surface area contributed by atoms with E-state index in [1.165, 1.54) is 0 Å². The molecule has 0 spiro atoms. The van der Waals surface area contributed by atoms with Gasteiger partial charge in [-0.3, -0.25) is 4.79 Å². The minimum absolute atomic E-state index is 0.316. The molecule has 0 N–H and O–H groups in total. The number of aromatic nitrogens is 4. The van der Waals surface area contributed by atoms with Crippen LogP contribution in [0.15, 0.2) is 81.9 Å². The standard InChI is InChI=1S/C24H16N4O4/c1-30-22-10-4-9-19(28-22)24-26-13-21(32-24)16-6-2-5-15(11-16)20-12-25-23(31-20)18-8-3-7-17(14-29)27-18/h2-14H,1H3. The summed E-state index contributed by atoms with van der Waals surface area (Å²) in [5.74, 6) is 2.37. The Morgan fingerprint density at radius 2 is 1.38 bits per heavy atom. The highest BCUT2D eigenvalue weighted by molar-refractivity contribution is 5.73. The Balaban J connectivity index is 1.44. The van der Waals surface area contributed by atoms with Gasteiger partial charge in [0, 0.05) is 17.2 Å². The molecule has 0 aliphatic heterocycles. The van der Waals surface area contributed by atoms with E-state index in [1.807, 2.05) is 30.3 Å². The van der Waals surface area contributed by atoms with Crippen LogP contribution in [0.25, 0.3) is 45.8 Å². The highest BCUT2D eigenvalue weighted by atomic mass is 16.5. The number of carbonyl (C=O) groups is 1. The van der Waals surface area contributed by atoms with Gasteiger partial charge in [0.1, 0.15) is 17.1 Å². The van der Waals surface area contributed by atoms with E-state index in [2.05, 4.69) is 19.9 Å². The average Bonchev–Trinajstić information content (AvgIpc) is 3.55. The van der Waals surface area contributed by atoms with Crippen molar-refractivity contribution in [1.29, 1.82) is 0 Å². The van der Waals surface area contributed by atoms with Gasteiger partial charge in [0.15, 0.2) is 17.8 Å². The third-order valence-corrected chi connectivity index (χ3v) is 4.71. The maximum absolute atomic E-state index is 11.0. The summed E-state index contributed by atoms with van der Waals surface area (Å²) in [5, 5.41) is 0. The van der Waals surface area contributed by atoms with Gasteiger partial charge in [0.2, 0.25) is 17.7 Å². The van der Waals surface area contributed by atoms with E-state index in [0.717, 1.165) is 11.1 Å². The van der Waals surface area contributed by atoms with E-state index < -0.39 is 0 Å². The van der Waals surface area contributed by atoms with Crippen LogP contribution in [0.4, 0.5) is 0 Å². The molecule has 4 heterocycles. The highest BCUT2D eigenvalue weighted by Crippen LogP contribution is 2.31. The number of hydrogen-bond donors (Lipinski definition) is 0. The Labute approximate surface area is 182 Å². The lowest BCUT2D eigenvalue weighted by atomic mass is 10.1. The zero-order valence-electron chi connectivity index (χ0n) is 16.9. The van der Waals surface area contributed by atoms with E-state index >= 15 is 0 Å². The first kappa shape index (κ1) is 19.4. The number of pyridine rings is 2. The van der Waals surface area contributed by atoms with Gasteiger partial charge in [0.05, 0.1) is 19.5 Å². The monoisotopic (exact) mass is 424 g/mol. The Kier molecular flexibility index (Phi) is 5.01. The van der Waals surface area contributed by atoms with Gasteiger partial charge >= 0.3 is 0 Å². The van der Waals surface area contributed by atoms with Gasteiger partial charge in [-0.2, -0.15) is 0 Å². The maximum Gasteiger partial charge on any atom is 0.245 e. The second-order valence-electron chi connectivity index (χ2n) is 6.77. The Hall–Kier alpha value is -4.59. The second-order valence-corrected chi connectivity index (χ2v) is 6.77. The van der Waals surface area contributed by atoms with Crippen LogP contribution in [-0.2, 0) is 0 Å². The van der Waals surface area contributed by atoms with Crippen molar-refractivity contribution >= 4 is 6.29 Å². The first-order valence-corrected chi connectivity index (χ1v) is 9.70. The summed E-state index contributed by atoms with van der Waals surface area (Å²) < 4.78 is 17.0. The van der Waals surface area contributed by atoms with Crippen molar-refractivity contribution in [3.05, 3.63) is 78.8 Å². The molecule has 8 nitrogen and oxygen atoms in total. The Morgan fingerprint density at radius 3 is 2.00 bits per heavy atom. The third-order valence-electron chi connectivity index (χ3n) is 4.71. The molecule has 5 aromatic rings. The Morgan fingerprint density at radius 1 is 0.781 bits per heavy atom. The van der Waals surface area contributed by atoms with E-state index in [0.29, 0.717) is 52.5 Å². The average molecular weight is 424 g/mol. The summed E-state index contributed by atoms with van der Waals surface area (Å²) in [7, 11) is 1.56. The summed E-state index contributed by atoms with van der Waals surface area (Å²) in [4.78, 5) is 28.2. The van der Waals surface area contributed by atoms with Crippen molar-refractivity contribution in [3.63, 3.8) is 0 Å². The van der Waals surface area contributed by atoms with Crippen LogP contribution in [0.1, 0.15) is 10.5 Å². The second kappa shape index (κ2) is 8.27. The van der Waals surface area contributed by atoms with Crippen molar-refractivity contribution < 1.29 is 18.4 Å². The molecule has 0 saturated carbocycles. The number of rotatable bonds is 6. The predicted molar refractivity (Wildman–Crippen MR) is 116 cm³/mol. The van der Waals surface area contributed by atoms with E-state index in [-0.39, 0.29) is 0 Å². The van der Waals surface area contributed by atoms with Crippen molar-refractivity contribution in [3.8, 4) is 51.7 Å². The summed E-state index contributed by atoms with van der Waals surface area (Å²) in [6.07, 6.45) is 3.95. The van der Waals surface area contributed by atoms with Crippen LogP contribution >= 0.6 is 0 Å². The fourth-order valence-electron chi connectivity index (χ4n) is 3.16. The molecule has 0 saturated heterocycles. The van der Waals surface area contributed by atoms with Crippen LogP contribution in [0, 0.1) is 0 Å². The molecule has 0 bridgehead atoms. The number of ether oxygens (including phenoxy) is 1. The lowest BCUT2D eigenvalue weighted by Crippen LogP contribution is -1.89. The van der Waals surface area contributed by atoms with E-state index in [4.69, 9.17) is 13.6 Å². The number of methoxy groups -OCH3 is 1. The van der Waals surface area contributed by atoms with Gasteiger partial charge in [-0.05, 0) is 24.3 Å². The summed E-state index contributed by atoms with van der Waals surface area (Å²) >= 11 is 0. The van der Waals surface area contributed by atoms with Crippen molar-refractivity contribution in [2.24, 2.45) is 0 Å². The number of carbonyl (C=O) groups excluding carboxylic acids is 1. The highest BCUT2D eigenvalue weighted by Gasteiger charge is 2.14. The number of hydrogen-bond acceptors (Lipinski definition) is 8. The molecule has 4 aromatic heterocycles. The van der Waals surface area contributed by atoms with Crippen molar-refractivity contribution in [2.45, 2.75) is 0 Å². The molecule has 1 aromatic carbocycles. The summed E-state index contributed by atoms with van der Waals surface area (Å²) in [5.41, 5.74) is 3.02. The van der Waals surface area contributed by atoms with Crippen LogP contribution in [0.3, 0.4) is 0 Å². The smallest absolute Gasteiger partial charge is 0.245 e. The van der Waals surface area contributed by atoms with Crippen molar-refractivity contribution in [1.82, 2.24) is 19.9 Å². The molecule has 0 atom stereocenters. The first-order valence-electron chi connectivity index (χ1n) is 9.70. The molecule has 5 rings (SSSR count). The SMILES string of the molecule is COc1cccc(-c2ncc(-c3cccc(-c4cnc(-c5cccc(C=O)n5)o4)c3)o2)n1. The molecule has 8 heteroatoms. The molecular weight excluding hydrogens is 408 g/mol.